The Morgan fingerprint density at radius 3 is 2.75 bits per heavy atom. The molecule has 1 atom stereocenters. The van der Waals surface area contributed by atoms with Gasteiger partial charge in [0.2, 0.25) is 11.8 Å². The van der Waals surface area contributed by atoms with Gasteiger partial charge >= 0.3 is 5.97 Å². The summed E-state index contributed by atoms with van der Waals surface area (Å²) in [6.07, 6.45) is -0.0655. The van der Waals surface area contributed by atoms with Crippen molar-refractivity contribution in [3.63, 3.8) is 0 Å². The number of halogens is 1. The van der Waals surface area contributed by atoms with Gasteiger partial charge in [-0.25, -0.2) is 4.39 Å². The lowest BCUT2D eigenvalue weighted by Gasteiger charge is -2.34. The number of benzene rings is 1. The van der Waals surface area contributed by atoms with E-state index < -0.39 is 17.9 Å². The van der Waals surface area contributed by atoms with E-state index in [0.29, 0.717) is 19.6 Å². The molecule has 1 aromatic rings. The summed E-state index contributed by atoms with van der Waals surface area (Å²) in [5, 5.41) is 5.15. The first kappa shape index (κ1) is 17.9. The van der Waals surface area contributed by atoms with E-state index in [1.807, 2.05) is 4.90 Å². The first-order valence-electron chi connectivity index (χ1n) is 7.59. The first-order valence-corrected chi connectivity index (χ1v) is 7.59. The van der Waals surface area contributed by atoms with Crippen LogP contribution in [0.5, 0.6) is 0 Å². The van der Waals surface area contributed by atoms with Crippen LogP contribution in [-0.2, 0) is 25.7 Å². The molecule has 2 rings (SSSR count). The fourth-order valence-electron chi connectivity index (χ4n) is 2.49. The molecular formula is C16H20FN3O4. The molecule has 2 amide bonds. The van der Waals surface area contributed by atoms with E-state index in [1.54, 1.807) is 12.1 Å². The molecule has 0 radical (unpaired) electrons. The van der Waals surface area contributed by atoms with Gasteiger partial charge in [0.25, 0.3) is 0 Å². The summed E-state index contributed by atoms with van der Waals surface area (Å²) in [5.74, 6) is -1.53. The number of nitrogens with one attached hydrogen (secondary N) is 2. The highest BCUT2D eigenvalue weighted by Crippen LogP contribution is 2.14. The number of carbonyl (C=O) groups is 3. The number of methoxy groups -OCH3 is 1. The van der Waals surface area contributed by atoms with Gasteiger partial charge in [0.15, 0.2) is 0 Å². The van der Waals surface area contributed by atoms with Crippen molar-refractivity contribution in [1.29, 1.82) is 0 Å². The van der Waals surface area contributed by atoms with Crippen molar-refractivity contribution in [2.24, 2.45) is 0 Å². The SMILES string of the molecule is COC(=O)CNC(=O)CC1C(=O)NCCN1Cc1ccc(F)cc1. The van der Waals surface area contributed by atoms with E-state index in [-0.39, 0.29) is 24.7 Å². The summed E-state index contributed by atoms with van der Waals surface area (Å²) in [5.41, 5.74) is 0.853. The average molecular weight is 337 g/mol. The van der Waals surface area contributed by atoms with Gasteiger partial charge in [0, 0.05) is 19.6 Å². The van der Waals surface area contributed by atoms with Crippen molar-refractivity contribution in [2.75, 3.05) is 26.7 Å². The maximum absolute atomic E-state index is 13.0. The summed E-state index contributed by atoms with van der Waals surface area (Å²) in [6, 6.07) is 5.38. The number of hydrogen-bond acceptors (Lipinski definition) is 5. The second-order valence-electron chi connectivity index (χ2n) is 5.46. The monoisotopic (exact) mass is 337 g/mol. The van der Waals surface area contributed by atoms with Crippen molar-refractivity contribution in [1.82, 2.24) is 15.5 Å². The Morgan fingerprint density at radius 2 is 2.08 bits per heavy atom. The third kappa shape index (κ3) is 5.02. The van der Waals surface area contributed by atoms with Crippen LogP contribution in [0.25, 0.3) is 0 Å². The zero-order valence-corrected chi connectivity index (χ0v) is 13.4. The highest BCUT2D eigenvalue weighted by molar-refractivity contribution is 5.90. The molecule has 0 spiro atoms. The smallest absolute Gasteiger partial charge is 0.325 e. The standard InChI is InChI=1S/C16H20FN3O4/c1-24-15(22)9-19-14(21)8-13-16(23)18-6-7-20(13)10-11-2-4-12(17)5-3-11/h2-5,13H,6-10H2,1H3,(H,18,23)(H,19,21). The summed E-state index contributed by atoms with van der Waals surface area (Å²) in [7, 11) is 1.23. The second-order valence-corrected chi connectivity index (χ2v) is 5.46. The van der Waals surface area contributed by atoms with Crippen molar-refractivity contribution >= 4 is 17.8 Å². The highest BCUT2D eigenvalue weighted by atomic mass is 19.1. The number of hydrogen-bond donors (Lipinski definition) is 2. The molecule has 0 bridgehead atoms. The van der Waals surface area contributed by atoms with E-state index in [9.17, 15) is 18.8 Å². The van der Waals surface area contributed by atoms with Crippen molar-refractivity contribution in [3.05, 3.63) is 35.6 Å². The van der Waals surface area contributed by atoms with Gasteiger partial charge in [-0.3, -0.25) is 19.3 Å². The molecule has 1 unspecified atom stereocenters. The Hall–Kier alpha value is -2.48. The maximum atomic E-state index is 13.0. The van der Waals surface area contributed by atoms with Crippen LogP contribution in [0, 0.1) is 5.82 Å². The maximum Gasteiger partial charge on any atom is 0.325 e. The average Bonchev–Trinajstić information content (AvgIpc) is 2.57. The molecule has 24 heavy (non-hydrogen) atoms. The van der Waals surface area contributed by atoms with Crippen LogP contribution in [0.2, 0.25) is 0 Å². The van der Waals surface area contributed by atoms with Gasteiger partial charge < -0.3 is 15.4 Å². The molecule has 0 aliphatic carbocycles. The van der Waals surface area contributed by atoms with Gasteiger partial charge in [-0.1, -0.05) is 12.1 Å². The minimum atomic E-state index is -0.638. The van der Waals surface area contributed by atoms with Gasteiger partial charge in [-0.2, -0.15) is 0 Å². The van der Waals surface area contributed by atoms with Crippen LogP contribution in [0.1, 0.15) is 12.0 Å². The molecule has 1 aromatic carbocycles. The molecule has 1 aliphatic heterocycles. The molecule has 1 fully saturated rings. The lowest BCUT2D eigenvalue weighted by Crippen LogP contribution is -2.56. The number of rotatable bonds is 6. The minimum absolute atomic E-state index is 0.0655. The summed E-state index contributed by atoms with van der Waals surface area (Å²) in [6.45, 7) is 1.27. The number of amides is 2. The Bertz CT molecular complexity index is 606. The van der Waals surface area contributed by atoms with E-state index in [2.05, 4.69) is 15.4 Å². The van der Waals surface area contributed by atoms with Crippen molar-refractivity contribution in [2.45, 2.75) is 19.0 Å². The topological polar surface area (TPSA) is 87.7 Å². The number of carbonyl (C=O) groups excluding carboxylic acids is 3. The fourth-order valence-corrected chi connectivity index (χ4v) is 2.49. The van der Waals surface area contributed by atoms with Gasteiger partial charge in [0.05, 0.1) is 19.6 Å². The third-order valence-electron chi connectivity index (χ3n) is 3.78. The van der Waals surface area contributed by atoms with Crippen LogP contribution in [0.4, 0.5) is 4.39 Å². The van der Waals surface area contributed by atoms with Crippen molar-refractivity contribution < 1.29 is 23.5 Å². The molecule has 0 saturated carbocycles. The number of nitrogens with zero attached hydrogens (tertiary/aromatic N) is 1. The Morgan fingerprint density at radius 1 is 1.38 bits per heavy atom. The zero-order valence-electron chi connectivity index (χ0n) is 13.4. The molecule has 1 aliphatic rings. The van der Waals surface area contributed by atoms with Crippen LogP contribution in [0.3, 0.4) is 0 Å². The largest absolute Gasteiger partial charge is 0.468 e. The normalized spacial score (nSPS) is 17.9. The Labute approximate surface area is 139 Å². The Kier molecular flexibility index (Phi) is 6.25. The van der Waals surface area contributed by atoms with E-state index in [4.69, 9.17) is 0 Å². The lowest BCUT2D eigenvalue weighted by molar-refractivity contribution is -0.141. The molecule has 1 saturated heterocycles. The summed E-state index contributed by atoms with van der Waals surface area (Å²) < 4.78 is 17.4. The number of piperazine rings is 1. The van der Waals surface area contributed by atoms with Gasteiger partial charge in [0.1, 0.15) is 12.4 Å². The van der Waals surface area contributed by atoms with Crippen LogP contribution >= 0.6 is 0 Å². The number of esters is 1. The molecular weight excluding hydrogens is 317 g/mol. The molecule has 2 N–H and O–H groups in total. The summed E-state index contributed by atoms with van der Waals surface area (Å²) >= 11 is 0. The molecule has 8 heteroatoms. The molecule has 1 heterocycles. The molecule has 0 aromatic heterocycles. The predicted octanol–water partition coefficient (Wildman–Crippen LogP) is -0.195. The van der Waals surface area contributed by atoms with Crippen molar-refractivity contribution in [3.8, 4) is 0 Å². The molecule has 7 nitrogen and oxygen atoms in total. The zero-order chi connectivity index (χ0) is 17.5. The Balaban J connectivity index is 1.97. The third-order valence-corrected chi connectivity index (χ3v) is 3.78. The van der Waals surface area contributed by atoms with E-state index in [0.717, 1.165) is 5.56 Å². The highest BCUT2D eigenvalue weighted by Gasteiger charge is 2.31. The van der Waals surface area contributed by atoms with E-state index >= 15 is 0 Å². The lowest BCUT2D eigenvalue weighted by atomic mass is 10.1. The first-order chi connectivity index (χ1) is 11.5. The van der Waals surface area contributed by atoms with Crippen LogP contribution in [0.15, 0.2) is 24.3 Å². The van der Waals surface area contributed by atoms with Gasteiger partial charge in [-0.05, 0) is 17.7 Å². The molecule has 130 valence electrons. The second kappa shape index (κ2) is 8.39. The van der Waals surface area contributed by atoms with Crippen LogP contribution in [-0.4, -0.2) is 55.5 Å². The number of ether oxygens (including phenoxy) is 1. The fraction of sp³-hybridized carbons (Fsp3) is 0.438. The summed E-state index contributed by atoms with van der Waals surface area (Å²) in [4.78, 5) is 37.0. The minimum Gasteiger partial charge on any atom is -0.468 e. The quantitative estimate of drug-likeness (QED) is 0.703. The van der Waals surface area contributed by atoms with E-state index in [1.165, 1.54) is 19.2 Å². The predicted molar refractivity (Wildman–Crippen MR) is 83.3 cm³/mol. The van der Waals surface area contributed by atoms with Crippen LogP contribution < -0.4 is 10.6 Å². The van der Waals surface area contributed by atoms with Gasteiger partial charge in [-0.15, -0.1) is 0 Å².